The van der Waals surface area contributed by atoms with E-state index in [4.69, 9.17) is 4.74 Å². The first-order chi connectivity index (χ1) is 10.7. The summed E-state index contributed by atoms with van der Waals surface area (Å²) in [5, 5.41) is 22.4. The minimum atomic E-state index is -0.192. The average Bonchev–Trinajstić information content (AvgIpc) is 3.28. The molecule has 3 aliphatic rings. The summed E-state index contributed by atoms with van der Waals surface area (Å²) in [4.78, 5) is 2.41. The fraction of sp³-hybridized carbons (Fsp3) is 0.933. The SMILES string of the molecule is CCOC1CC(O)C12CCN(Cc1nnnn1C1CC1)CC2. The number of rotatable bonds is 5. The van der Waals surface area contributed by atoms with Crippen LogP contribution in [0, 0.1) is 5.41 Å². The normalized spacial score (nSPS) is 31.4. The molecule has 1 aromatic rings. The van der Waals surface area contributed by atoms with E-state index < -0.39 is 0 Å². The fourth-order valence-corrected chi connectivity index (χ4v) is 4.06. The summed E-state index contributed by atoms with van der Waals surface area (Å²) in [6, 6.07) is 0.525. The quantitative estimate of drug-likeness (QED) is 0.865. The van der Waals surface area contributed by atoms with Gasteiger partial charge in [-0.2, -0.15) is 0 Å². The Morgan fingerprint density at radius 3 is 2.73 bits per heavy atom. The molecule has 2 saturated carbocycles. The van der Waals surface area contributed by atoms with Crippen molar-refractivity contribution < 1.29 is 9.84 Å². The lowest BCUT2D eigenvalue weighted by atomic mass is 9.58. The number of tetrazole rings is 1. The highest BCUT2D eigenvalue weighted by molar-refractivity contribution is 5.06. The van der Waals surface area contributed by atoms with Gasteiger partial charge in [-0.05, 0) is 56.1 Å². The number of aliphatic hydroxyl groups is 1. The number of nitrogens with zero attached hydrogens (tertiary/aromatic N) is 5. The number of piperidine rings is 1. The maximum atomic E-state index is 10.3. The maximum Gasteiger partial charge on any atom is 0.165 e. The lowest BCUT2D eigenvalue weighted by Crippen LogP contribution is -2.62. The van der Waals surface area contributed by atoms with Gasteiger partial charge in [0.2, 0.25) is 0 Å². The lowest BCUT2D eigenvalue weighted by Gasteiger charge is -2.56. The predicted octanol–water partition coefficient (Wildman–Crippen LogP) is 0.760. The van der Waals surface area contributed by atoms with Gasteiger partial charge in [0.25, 0.3) is 0 Å². The van der Waals surface area contributed by atoms with Crippen molar-refractivity contribution in [2.24, 2.45) is 5.41 Å². The summed E-state index contributed by atoms with van der Waals surface area (Å²) in [6.45, 7) is 5.55. The molecule has 1 spiro atoms. The van der Waals surface area contributed by atoms with Crippen molar-refractivity contribution >= 4 is 0 Å². The highest BCUT2D eigenvalue weighted by Crippen LogP contribution is 2.51. The van der Waals surface area contributed by atoms with Crippen LogP contribution < -0.4 is 0 Å². The molecule has 2 atom stereocenters. The Labute approximate surface area is 130 Å². The van der Waals surface area contributed by atoms with Gasteiger partial charge in [-0.1, -0.05) is 0 Å². The zero-order valence-electron chi connectivity index (χ0n) is 13.2. The molecule has 2 aliphatic carbocycles. The molecule has 2 unspecified atom stereocenters. The van der Waals surface area contributed by atoms with E-state index in [0.29, 0.717) is 6.04 Å². The monoisotopic (exact) mass is 307 g/mol. The van der Waals surface area contributed by atoms with E-state index in [-0.39, 0.29) is 17.6 Å². The Bertz CT molecular complexity index is 520. The maximum absolute atomic E-state index is 10.3. The summed E-state index contributed by atoms with van der Waals surface area (Å²) < 4.78 is 7.82. The van der Waals surface area contributed by atoms with Crippen molar-refractivity contribution in [2.75, 3.05) is 19.7 Å². The van der Waals surface area contributed by atoms with Crippen LogP contribution in [0.3, 0.4) is 0 Å². The molecule has 1 aliphatic heterocycles. The van der Waals surface area contributed by atoms with Crippen molar-refractivity contribution in [3.63, 3.8) is 0 Å². The van der Waals surface area contributed by atoms with E-state index in [1.165, 1.54) is 12.8 Å². The average molecular weight is 307 g/mol. The summed E-state index contributed by atoms with van der Waals surface area (Å²) in [7, 11) is 0. The molecule has 0 aromatic carbocycles. The molecule has 1 aromatic heterocycles. The van der Waals surface area contributed by atoms with Crippen LogP contribution in [-0.4, -0.2) is 62.1 Å². The van der Waals surface area contributed by atoms with Crippen LogP contribution in [0.15, 0.2) is 0 Å². The van der Waals surface area contributed by atoms with Gasteiger partial charge in [0.1, 0.15) is 0 Å². The second-order valence-electron chi connectivity index (χ2n) is 6.98. The minimum Gasteiger partial charge on any atom is -0.392 e. The second-order valence-corrected chi connectivity index (χ2v) is 6.98. The Morgan fingerprint density at radius 2 is 2.09 bits per heavy atom. The van der Waals surface area contributed by atoms with Crippen LogP contribution in [0.2, 0.25) is 0 Å². The first kappa shape index (κ1) is 14.5. The van der Waals surface area contributed by atoms with Crippen LogP contribution in [0.1, 0.15) is 50.9 Å². The van der Waals surface area contributed by atoms with Crippen LogP contribution in [0.4, 0.5) is 0 Å². The van der Waals surface area contributed by atoms with Gasteiger partial charge >= 0.3 is 0 Å². The number of ether oxygens (including phenoxy) is 1. The molecule has 3 fully saturated rings. The van der Waals surface area contributed by atoms with Gasteiger partial charge < -0.3 is 9.84 Å². The smallest absolute Gasteiger partial charge is 0.165 e. The van der Waals surface area contributed by atoms with Crippen LogP contribution >= 0.6 is 0 Å². The molecule has 1 saturated heterocycles. The first-order valence-electron chi connectivity index (χ1n) is 8.51. The molecule has 1 N–H and O–H groups in total. The van der Waals surface area contributed by atoms with Crippen molar-refractivity contribution in [1.29, 1.82) is 0 Å². The summed E-state index contributed by atoms with van der Waals surface area (Å²) in [6.07, 6.45) is 5.25. The number of hydrogen-bond donors (Lipinski definition) is 1. The van der Waals surface area contributed by atoms with E-state index in [9.17, 15) is 5.11 Å². The number of likely N-dealkylation sites (tertiary alicyclic amines) is 1. The molecule has 2 heterocycles. The van der Waals surface area contributed by atoms with Gasteiger partial charge in [0.15, 0.2) is 5.82 Å². The molecule has 122 valence electrons. The van der Waals surface area contributed by atoms with Gasteiger partial charge in [-0.15, -0.1) is 5.10 Å². The van der Waals surface area contributed by atoms with Crippen molar-refractivity contribution in [3.05, 3.63) is 5.82 Å². The Balaban J connectivity index is 1.36. The standard InChI is InChI=1S/C15H25N5O2/c1-2-22-13-9-12(21)15(13)5-7-19(8-6-15)10-14-16-17-18-20(14)11-3-4-11/h11-13,21H,2-10H2,1H3. The van der Waals surface area contributed by atoms with Crippen molar-refractivity contribution in [3.8, 4) is 0 Å². The third-order valence-electron chi connectivity index (χ3n) is 5.72. The Kier molecular flexibility index (Phi) is 3.66. The van der Waals surface area contributed by atoms with Crippen molar-refractivity contribution in [2.45, 2.75) is 63.8 Å². The highest BCUT2D eigenvalue weighted by atomic mass is 16.5. The van der Waals surface area contributed by atoms with E-state index in [1.54, 1.807) is 0 Å². The van der Waals surface area contributed by atoms with Crippen molar-refractivity contribution in [1.82, 2.24) is 25.1 Å². The van der Waals surface area contributed by atoms with E-state index >= 15 is 0 Å². The second kappa shape index (κ2) is 5.54. The third-order valence-corrected chi connectivity index (χ3v) is 5.72. The Morgan fingerprint density at radius 1 is 1.32 bits per heavy atom. The minimum absolute atomic E-state index is 0.00503. The summed E-state index contributed by atoms with van der Waals surface area (Å²) in [5.74, 6) is 0.981. The molecule has 0 radical (unpaired) electrons. The molecule has 7 heteroatoms. The van der Waals surface area contributed by atoms with Gasteiger partial charge in [0, 0.05) is 18.4 Å². The third kappa shape index (κ3) is 2.35. The molecule has 0 amide bonds. The topological polar surface area (TPSA) is 76.3 Å². The number of aromatic nitrogens is 4. The summed E-state index contributed by atoms with van der Waals surface area (Å²) in [5.41, 5.74) is -0.00503. The molecule has 7 nitrogen and oxygen atoms in total. The summed E-state index contributed by atoms with van der Waals surface area (Å²) >= 11 is 0. The van der Waals surface area contributed by atoms with Gasteiger partial charge in [0.05, 0.1) is 24.8 Å². The van der Waals surface area contributed by atoms with E-state index in [2.05, 4.69) is 20.4 Å². The van der Waals surface area contributed by atoms with Gasteiger partial charge in [-0.3, -0.25) is 4.90 Å². The van der Waals surface area contributed by atoms with Crippen LogP contribution in [-0.2, 0) is 11.3 Å². The molecule has 22 heavy (non-hydrogen) atoms. The zero-order chi connectivity index (χ0) is 15.2. The van der Waals surface area contributed by atoms with Gasteiger partial charge in [-0.25, -0.2) is 4.68 Å². The first-order valence-corrected chi connectivity index (χ1v) is 8.51. The van der Waals surface area contributed by atoms with E-state index in [1.807, 2.05) is 11.6 Å². The zero-order valence-corrected chi connectivity index (χ0v) is 13.2. The fourth-order valence-electron chi connectivity index (χ4n) is 4.06. The Hall–Kier alpha value is -1.05. The van der Waals surface area contributed by atoms with Crippen LogP contribution in [0.5, 0.6) is 0 Å². The van der Waals surface area contributed by atoms with Crippen LogP contribution in [0.25, 0.3) is 0 Å². The predicted molar refractivity (Wildman–Crippen MR) is 79.1 cm³/mol. The number of aliphatic hydroxyl groups excluding tert-OH is 1. The molecular formula is C15H25N5O2. The van der Waals surface area contributed by atoms with E-state index in [0.717, 1.165) is 51.3 Å². The largest absolute Gasteiger partial charge is 0.392 e. The molecule has 4 rings (SSSR count). The highest BCUT2D eigenvalue weighted by Gasteiger charge is 2.56. The molecular weight excluding hydrogens is 282 g/mol. The number of hydrogen-bond acceptors (Lipinski definition) is 6. The molecule has 0 bridgehead atoms. The lowest BCUT2D eigenvalue weighted by molar-refractivity contribution is -0.210.